The number of aliphatic hydroxyl groups is 1. The van der Waals surface area contributed by atoms with E-state index in [4.69, 9.17) is 5.73 Å². The molecule has 0 saturated carbocycles. The number of nitrogens with zero attached hydrogens (tertiary/aromatic N) is 2. The lowest BCUT2D eigenvalue weighted by Gasteiger charge is -2.30. The molecule has 15 heavy (non-hydrogen) atoms. The summed E-state index contributed by atoms with van der Waals surface area (Å²) in [4.78, 5) is 0. The van der Waals surface area contributed by atoms with Crippen LogP contribution in [-0.4, -0.2) is 27.0 Å². The molecule has 1 unspecified atom stereocenters. The molecule has 4 heteroatoms. The summed E-state index contributed by atoms with van der Waals surface area (Å²) in [5.74, 6) is 0.137. The van der Waals surface area contributed by atoms with Crippen molar-refractivity contribution in [3.05, 3.63) is 17.5 Å². The molecule has 1 aromatic rings. The summed E-state index contributed by atoms with van der Waals surface area (Å²) < 4.78 is 1.80. The molecule has 0 aliphatic rings. The zero-order valence-corrected chi connectivity index (χ0v) is 9.99. The largest absolute Gasteiger partial charge is 0.388 e. The number of rotatable bonds is 4. The van der Waals surface area contributed by atoms with Crippen molar-refractivity contribution < 1.29 is 5.11 Å². The summed E-state index contributed by atoms with van der Waals surface area (Å²) in [5.41, 5.74) is 6.79. The fraction of sp³-hybridized carbons (Fsp3) is 0.727. The zero-order valence-electron chi connectivity index (χ0n) is 9.99. The lowest BCUT2D eigenvalue weighted by Crippen LogP contribution is -2.45. The molecule has 3 N–H and O–H groups in total. The lowest BCUT2D eigenvalue weighted by atomic mass is 9.86. The zero-order chi connectivity index (χ0) is 11.6. The Morgan fingerprint density at radius 3 is 2.53 bits per heavy atom. The smallest absolute Gasteiger partial charge is 0.0847 e. The van der Waals surface area contributed by atoms with Gasteiger partial charge in [0.05, 0.1) is 11.3 Å². The first-order valence-corrected chi connectivity index (χ1v) is 5.31. The minimum absolute atomic E-state index is 0.137. The maximum atomic E-state index is 10.3. The highest BCUT2D eigenvalue weighted by atomic mass is 16.3. The number of aryl methyl sites for hydroxylation is 2. The van der Waals surface area contributed by atoms with Crippen LogP contribution in [0.4, 0.5) is 0 Å². The van der Waals surface area contributed by atoms with Gasteiger partial charge in [-0.25, -0.2) is 0 Å². The summed E-state index contributed by atoms with van der Waals surface area (Å²) in [7, 11) is 1.89. The van der Waals surface area contributed by atoms with E-state index in [0.29, 0.717) is 6.42 Å². The van der Waals surface area contributed by atoms with Crippen molar-refractivity contribution in [2.75, 3.05) is 6.54 Å². The number of hydrogen-bond acceptors (Lipinski definition) is 3. The van der Waals surface area contributed by atoms with Gasteiger partial charge in [-0.1, -0.05) is 13.8 Å². The van der Waals surface area contributed by atoms with Crippen LogP contribution in [0.5, 0.6) is 0 Å². The molecule has 1 aromatic heterocycles. The average molecular weight is 211 g/mol. The van der Waals surface area contributed by atoms with Crippen molar-refractivity contribution in [3.8, 4) is 0 Å². The van der Waals surface area contributed by atoms with Gasteiger partial charge in [0.25, 0.3) is 0 Å². The van der Waals surface area contributed by atoms with Crippen LogP contribution in [-0.2, 0) is 13.5 Å². The Kier molecular flexibility index (Phi) is 3.52. The van der Waals surface area contributed by atoms with Gasteiger partial charge in [0.1, 0.15) is 0 Å². The molecule has 0 spiro atoms. The van der Waals surface area contributed by atoms with Crippen LogP contribution in [0.15, 0.2) is 6.07 Å². The highest BCUT2D eigenvalue weighted by molar-refractivity contribution is 5.12. The van der Waals surface area contributed by atoms with E-state index in [1.54, 1.807) is 4.68 Å². The first-order valence-electron chi connectivity index (χ1n) is 5.31. The molecular weight excluding hydrogens is 190 g/mol. The molecule has 1 heterocycles. The molecule has 0 fully saturated rings. The molecule has 0 aliphatic heterocycles. The van der Waals surface area contributed by atoms with Crippen LogP contribution in [0.3, 0.4) is 0 Å². The molecule has 0 aliphatic carbocycles. The number of aromatic nitrogens is 2. The third-order valence-corrected chi connectivity index (χ3v) is 3.01. The van der Waals surface area contributed by atoms with Crippen molar-refractivity contribution in [3.63, 3.8) is 0 Å². The molecular formula is C11H21N3O. The Bertz CT molecular complexity index is 333. The van der Waals surface area contributed by atoms with E-state index in [2.05, 4.69) is 5.10 Å². The van der Waals surface area contributed by atoms with Crippen molar-refractivity contribution in [1.82, 2.24) is 9.78 Å². The van der Waals surface area contributed by atoms with Crippen molar-refractivity contribution in [2.24, 2.45) is 18.7 Å². The molecule has 1 atom stereocenters. The molecule has 0 aromatic carbocycles. The average Bonchev–Trinajstić information content (AvgIpc) is 2.44. The van der Waals surface area contributed by atoms with Crippen molar-refractivity contribution in [1.29, 1.82) is 0 Å². The minimum atomic E-state index is -0.833. The maximum absolute atomic E-state index is 10.3. The van der Waals surface area contributed by atoms with Gasteiger partial charge in [-0.15, -0.1) is 0 Å². The predicted octanol–water partition coefficient (Wildman–Crippen LogP) is 0.617. The Labute approximate surface area is 91.1 Å². The first kappa shape index (κ1) is 12.2. The van der Waals surface area contributed by atoms with Crippen molar-refractivity contribution >= 4 is 0 Å². The van der Waals surface area contributed by atoms with Crippen LogP contribution in [0.25, 0.3) is 0 Å². The van der Waals surface area contributed by atoms with Crippen LogP contribution in [0, 0.1) is 12.8 Å². The fourth-order valence-electron chi connectivity index (χ4n) is 1.66. The molecule has 0 amide bonds. The SMILES string of the molecule is Cc1cc(CC(O)(CN)C(C)C)n(C)n1. The standard InChI is InChI=1S/C11H21N3O/c1-8(2)11(15,7-12)6-10-5-9(3)13-14(10)4/h5,8,15H,6-7,12H2,1-4H3. The Hall–Kier alpha value is -0.870. The van der Waals surface area contributed by atoms with Gasteiger partial charge in [-0.2, -0.15) is 5.10 Å². The third kappa shape index (κ3) is 2.58. The van der Waals surface area contributed by atoms with Crippen molar-refractivity contribution in [2.45, 2.75) is 32.8 Å². The first-order chi connectivity index (χ1) is 6.89. The van der Waals surface area contributed by atoms with E-state index >= 15 is 0 Å². The van der Waals surface area contributed by atoms with E-state index in [-0.39, 0.29) is 12.5 Å². The molecule has 0 bridgehead atoms. The van der Waals surface area contributed by atoms with Gasteiger partial charge in [-0.05, 0) is 18.9 Å². The molecule has 0 radical (unpaired) electrons. The molecule has 0 saturated heterocycles. The van der Waals surface area contributed by atoms with Crippen LogP contribution < -0.4 is 5.73 Å². The van der Waals surface area contributed by atoms with Gasteiger partial charge < -0.3 is 10.8 Å². The van der Waals surface area contributed by atoms with E-state index < -0.39 is 5.60 Å². The van der Waals surface area contributed by atoms with Gasteiger partial charge in [-0.3, -0.25) is 4.68 Å². The number of nitrogens with two attached hydrogens (primary N) is 1. The Balaban J connectivity index is 2.88. The normalized spacial score (nSPS) is 15.7. The maximum Gasteiger partial charge on any atom is 0.0847 e. The summed E-state index contributed by atoms with van der Waals surface area (Å²) in [6, 6.07) is 1.99. The van der Waals surface area contributed by atoms with E-state index in [9.17, 15) is 5.11 Å². The monoisotopic (exact) mass is 211 g/mol. The minimum Gasteiger partial charge on any atom is -0.388 e. The third-order valence-electron chi connectivity index (χ3n) is 3.01. The van der Waals surface area contributed by atoms with Gasteiger partial charge in [0.2, 0.25) is 0 Å². The second-order valence-electron chi connectivity index (χ2n) is 4.54. The molecule has 1 rings (SSSR count). The lowest BCUT2D eigenvalue weighted by molar-refractivity contribution is 0.00249. The fourth-order valence-corrected chi connectivity index (χ4v) is 1.66. The summed E-state index contributed by atoms with van der Waals surface area (Å²) in [6.45, 7) is 6.18. The quantitative estimate of drug-likeness (QED) is 0.767. The topological polar surface area (TPSA) is 64.1 Å². The van der Waals surface area contributed by atoms with E-state index in [1.165, 1.54) is 0 Å². The highest BCUT2D eigenvalue weighted by Crippen LogP contribution is 2.21. The van der Waals surface area contributed by atoms with Gasteiger partial charge in [0.15, 0.2) is 0 Å². The Morgan fingerprint density at radius 2 is 2.20 bits per heavy atom. The van der Waals surface area contributed by atoms with Gasteiger partial charge in [0, 0.05) is 25.7 Å². The second kappa shape index (κ2) is 4.33. The van der Waals surface area contributed by atoms with E-state index in [1.807, 2.05) is 33.9 Å². The predicted molar refractivity (Wildman–Crippen MR) is 60.5 cm³/mol. The highest BCUT2D eigenvalue weighted by Gasteiger charge is 2.30. The van der Waals surface area contributed by atoms with E-state index in [0.717, 1.165) is 11.4 Å². The molecule has 86 valence electrons. The number of hydrogen-bond donors (Lipinski definition) is 2. The summed E-state index contributed by atoms with van der Waals surface area (Å²) in [6.07, 6.45) is 0.554. The Morgan fingerprint density at radius 1 is 1.60 bits per heavy atom. The van der Waals surface area contributed by atoms with Crippen LogP contribution >= 0.6 is 0 Å². The summed E-state index contributed by atoms with van der Waals surface area (Å²) >= 11 is 0. The molecule has 4 nitrogen and oxygen atoms in total. The van der Waals surface area contributed by atoms with Crippen LogP contribution in [0.2, 0.25) is 0 Å². The van der Waals surface area contributed by atoms with Gasteiger partial charge >= 0.3 is 0 Å². The van der Waals surface area contributed by atoms with Crippen LogP contribution in [0.1, 0.15) is 25.2 Å². The summed E-state index contributed by atoms with van der Waals surface area (Å²) in [5, 5.41) is 14.6. The second-order valence-corrected chi connectivity index (χ2v) is 4.54.